The molecule has 0 spiro atoms. The molecule has 4 heteroatoms. The second-order valence-corrected chi connectivity index (χ2v) is 11.5. The van der Waals surface area contributed by atoms with Crippen LogP contribution in [0.5, 0.6) is 0 Å². The van der Waals surface area contributed by atoms with E-state index in [4.69, 9.17) is 9.47 Å². The van der Waals surface area contributed by atoms with Gasteiger partial charge in [-0.3, -0.25) is 0 Å². The topological polar surface area (TPSA) is 52.6 Å². The van der Waals surface area contributed by atoms with Gasteiger partial charge in [0.25, 0.3) is 0 Å². The fourth-order valence-electron chi connectivity index (χ4n) is 6.80. The van der Waals surface area contributed by atoms with Crippen LogP contribution in [0, 0.1) is 6.92 Å². The maximum Gasteiger partial charge on any atom is 0.339 e. The lowest BCUT2D eigenvalue weighted by molar-refractivity contribution is -0.0530. The van der Waals surface area contributed by atoms with E-state index >= 15 is 0 Å². The molecule has 1 aliphatic carbocycles. The number of benzene rings is 6. The summed E-state index contributed by atoms with van der Waals surface area (Å²) >= 11 is 0. The predicted molar refractivity (Wildman–Crippen MR) is 174 cm³/mol. The zero-order chi connectivity index (χ0) is 30.2. The Morgan fingerprint density at radius 2 is 0.955 bits per heavy atom. The fourth-order valence-corrected chi connectivity index (χ4v) is 6.80. The van der Waals surface area contributed by atoms with Gasteiger partial charge in [-0.25, -0.2) is 9.59 Å². The fraction of sp³-hybridized carbons (Fsp3) is 0.150. The van der Waals surface area contributed by atoms with Crippen LogP contribution in [-0.2, 0) is 9.47 Å². The van der Waals surface area contributed by atoms with E-state index in [0.29, 0.717) is 11.1 Å². The first-order valence-corrected chi connectivity index (χ1v) is 15.0. The average molecular weight is 577 g/mol. The first-order chi connectivity index (χ1) is 21.5. The summed E-state index contributed by atoms with van der Waals surface area (Å²) in [6, 6.07) is 43.2. The maximum absolute atomic E-state index is 14.1. The Balaban J connectivity index is 1.36. The summed E-state index contributed by atoms with van der Waals surface area (Å²) in [5.74, 6) is -1.44. The molecule has 0 radical (unpaired) electrons. The molecule has 4 atom stereocenters. The van der Waals surface area contributed by atoms with Crippen LogP contribution >= 0.6 is 0 Å². The summed E-state index contributed by atoms with van der Waals surface area (Å²) in [6.07, 6.45) is -1.51. The van der Waals surface area contributed by atoms with Gasteiger partial charge in [0, 0.05) is 5.92 Å². The highest BCUT2D eigenvalue weighted by atomic mass is 16.6. The van der Waals surface area contributed by atoms with E-state index < -0.39 is 24.1 Å². The van der Waals surface area contributed by atoms with Gasteiger partial charge in [-0.2, -0.15) is 0 Å². The normalized spacial score (nSPS) is 19.3. The van der Waals surface area contributed by atoms with Crippen molar-refractivity contribution in [3.05, 3.63) is 167 Å². The molecule has 4 unspecified atom stereocenters. The smallest absolute Gasteiger partial charge is 0.339 e. The molecule has 6 aromatic carbocycles. The number of aryl methyl sites for hydroxylation is 1. The Morgan fingerprint density at radius 3 is 1.55 bits per heavy atom. The monoisotopic (exact) mass is 576 g/mol. The van der Waals surface area contributed by atoms with Gasteiger partial charge in [0.05, 0.1) is 17.0 Å². The Hall–Kier alpha value is -5.22. The van der Waals surface area contributed by atoms with E-state index in [1.807, 2.05) is 104 Å². The molecule has 0 saturated heterocycles. The van der Waals surface area contributed by atoms with Crippen molar-refractivity contribution in [1.29, 1.82) is 0 Å². The minimum atomic E-state index is -0.772. The van der Waals surface area contributed by atoms with E-state index in [0.717, 1.165) is 43.8 Å². The van der Waals surface area contributed by atoms with Gasteiger partial charge in [0.1, 0.15) is 6.10 Å². The number of hydrogen-bond donors (Lipinski definition) is 0. The highest BCUT2D eigenvalue weighted by molar-refractivity contribution is 6.05. The minimum Gasteiger partial charge on any atom is -0.454 e. The van der Waals surface area contributed by atoms with Gasteiger partial charge in [-0.05, 0) is 62.9 Å². The number of fused-ring (bicyclic) bond motifs is 3. The van der Waals surface area contributed by atoms with E-state index in [1.54, 1.807) is 12.1 Å². The lowest BCUT2D eigenvalue weighted by Crippen LogP contribution is -2.46. The molecular weight excluding hydrogens is 544 g/mol. The molecule has 4 nitrogen and oxygen atoms in total. The second kappa shape index (κ2) is 11.5. The first-order valence-electron chi connectivity index (χ1n) is 15.0. The molecule has 0 heterocycles. The van der Waals surface area contributed by atoms with Gasteiger partial charge in [-0.15, -0.1) is 0 Å². The summed E-state index contributed by atoms with van der Waals surface area (Å²) in [4.78, 5) is 28.1. The highest BCUT2D eigenvalue weighted by Crippen LogP contribution is 2.46. The zero-order valence-corrected chi connectivity index (χ0v) is 24.6. The first kappa shape index (κ1) is 27.6. The van der Waals surface area contributed by atoms with Crippen LogP contribution in [0.4, 0.5) is 0 Å². The predicted octanol–water partition coefficient (Wildman–Crippen LogP) is 9.00. The summed E-state index contributed by atoms with van der Waals surface area (Å²) < 4.78 is 13.0. The number of rotatable bonds is 5. The van der Waals surface area contributed by atoms with Crippen LogP contribution in [0.1, 0.15) is 61.7 Å². The Labute approximate surface area is 256 Å². The maximum atomic E-state index is 14.1. The second-order valence-electron chi connectivity index (χ2n) is 11.5. The molecule has 44 heavy (non-hydrogen) atoms. The van der Waals surface area contributed by atoms with Crippen molar-refractivity contribution in [3.8, 4) is 0 Å². The van der Waals surface area contributed by atoms with Crippen molar-refractivity contribution >= 4 is 33.5 Å². The average Bonchev–Trinajstić information content (AvgIpc) is 3.06. The lowest BCUT2D eigenvalue weighted by Gasteiger charge is -2.42. The third-order valence-electron chi connectivity index (χ3n) is 9.00. The van der Waals surface area contributed by atoms with E-state index in [9.17, 15) is 9.59 Å². The summed E-state index contributed by atoms with van der Waals surface area (Å²) in [7, 11) is 0. The number of carbonyl (C=O) groups is 2. The summed E-state index contributed by atoms with van der Waals surface area (Å²) in [5.41, 5.74) is 5.23. The van der Waals surface area contributed by atoms with Crippen LogP contribution in [0.2, 0.25) is 0 Å². The van der Waals surface area contributed by atoms with Crippen molar-refractivity contribution in [1.82, 2.24) is 0 Å². The van der Waals surface area contributed by atoms with Gasteiger partial charge in [0.15, 0.2) is 6.10 Å². The highest BCUT2D eigenvalue weighted by Gasteiger charge is 2.47. The van der Waals surface area contributed by atoms with Gasteiger partial charge < -0.3 is 9.47 Å². The molecule has 0 saturated carbocycles. The molecule has 7 rings (SSSR count). The summed E-state index contributed by atoms with van der Waals surface area (Å²) in [5, 5.41) is 3.56. The van der Waals surface area contributed by atoms with Crippen molar-refractivity contribution < 1.29 is 19.1 Å². The SMILES string of the molecule is Cc1ccccc1C1c2ccccc2C(C)C(OC(=O)c2cccc3ccccc23)C1OC(=O)c1cccc2ccccc12. The number of ether oxygens (including phenoxy) is 2. The van der Waals surface area contributed by atoms with Gasteiger partial charge >= 0.3 is 11.9 Å². The van der Waals surface area contributed by atoms with Crippen molar-refractivity contribution in [3.63, 3.8) is 0 Å². The van der Waals surface area contributed by atoms with Crippen molar-refractivity contribution in [2.45, 2.75) is 37.9 Å². The zero-order valence-electron chi connectivity index (χ0n) is 24.6. The Kier molecular flexibility index (Phi) is 7.19. The van der Waals surface area contributed by atoms with Crippen LogP contribution in [0.15, 0.2) is 133 Å². The van der Waals surface area contributed by atoms with Crippen LogP contribution in [0.25, 0.3) is 21.5 Å². The Morgan fingerprint density at radius 1 is 0.500 bits per heavy atom. The molecule has 1 aliphatic rings. The standard InChI is InChI=1S/C40H32O4/c1-25-13-3-6-18-29(25)36-33-22-10-9-19-30(33)26(2)37(43-39(41)34-23-11-16-27-14-4-7-20-31(27)34)38(36)44-40(42)35-24-12-17-28-15-5-8-21-32(28)35/h3-24,26,36-38H,1-2H3. The summed E-state index contributed by atoms with van der Waals surface area (Å²) in [6.45, 7) is 4.11. The quantitative estimate of drug-likeness (QED) is 0.192. The Bertz CT molecular complexity index is 2020. The third-order valence-corrected chi connectivity index (χ3v) is 9.00. The number of esters is 2. The van der Waals surface area contributed by atoms with Gasteiger partial charge in [-0.1, -0.05) is 128 Å². The molecule has 216 valence electrons. The van der Waals surface area contributed by atoms with Crippen LogP contribution in [0.3, 0.4) is 0 Å². The largest absolute Gasteiger partial charge is 0.454 e. The molecule has 0 amide bonds. The minimum absolute atomic E-state index is 0.226. The molecule has 0 aliphatic heterocycles. The van der Waals surface area contributed by atoms with Crippen molar-refractivity contribution in [2.75, 3.05) is 0 Å². The molecule has 6 aromatic rings. The van der Waals surface area contributed by atoms with E-state index in [2.05, 4.69) is 31.2 Å². The van der Waals surface area contributed by atoms with Gasteiger partial charge in [0.2, 0.25) is 0 Å². The number of carbonyl (C=O) groups excluding carboxylic acids is 2. The lowest BCUT2D eigenvalue weighted by atomic mass is 9.70. The van der Waals surface area contributed by atoms with Crippen molar-refractivity contribution in [2.24, 2.45) is 0 Å². The molecule has 0 N–H and O–H groups in total. The van der Waals surface area contributed by atoms with Crippen LogP contribution < -0.4 is 0 Å². The number of hydrogen-bond acceptors (Lipinski definition) is 4. The molecule has 0 bridgehead atoms. The van der Waals surface area contributed by atoms with E-state index in [-0.39, 0.29) is 11.8 Å². The third kappa shape index (κ3) is 4.83. The van der Waals surface area contributed by atoms with Crippen LogP contribution in [-0.4, -0.2) is 24.1 Å². The molecule has 0 fully saturated rings. The molecule has 0 aromatic heterocycles. The molecular formula is C40H32O4. The van der Waals surface area contributed by atoms with E-state index in [1.165, 1.54) is 0 Å².